The minimum atomic E-state index is -1.34. The van der Waals surface area contributed by atoms with E-state index in [0.29, 0.717) is 33.7 Å². The molecule has 0 amide bonds. The third-order valence-corrected chi connectivity index (χ3v) is 5.34. The minimum absolute atomic E-state index is 0.121. The summed E-state index contributed by atoms with van der Waals surface area (Å²) in [4.78, 5) is 16.8. The van der Waals surface area contributed by atoms with Gasteiger partial charge >= 0.3 is 0 Å². The molecule has 32 heavy (non-hydrogen) atoms. The number of aryl methyl sites for hydroxylation is 1. The Balaban J connectivity index is 1.68. The van der Waals surface area contributed by atoms with Gasteiger partial charge in [-0.3, -0.25) is 4.79 Å². The molecule has 1 aromatic heterocycles. The van der Waals surface area contributed by atoms with Gasteiger partial charge in [0.1, 0.15) is 23.2 Å². The second-order valence-electron chi connectivity index (χ2n) is 7.61. The number of carbonyl (C=O) groups is 1. The number of rotatable bonds is 6. The van der Waals surface area contributed by atoms with Gasteiger partial charge in [0.2, 0.25) is 0 Å². The van der Waals surface area contributed by atoms with Crippen molar-refractivity contribution >= 4 is 5.78 Å². The zero-order chi connectivity index (χ0) is 22.7. The third kappa shape index (κ3) is 4.02. The lowest BCUT2D eigenvalue weighted by Gasteiger charge is -2.25. The smallest absolute Gasteiger partial charge is 0.193 e. The summed E-state index contributed by atoms with van der Waals surface area (Å²) in [6.07, 6.45) is 3.21. The van der Waals surface area contributed by atoms with Gasteiger partial charge in [0, 0.05) is 18.2 Å². The van der Waals surface area contributed by atoms with Crippen LogP contribution in [0.5, 0.6) is 11.5 Å². The van der Waals surface area contributed by atoms with E-state index in [1.807, 2.05) is 18.2 Å². The highest BCUT2D eigenvalue weighted by molar-refractivity contribution is 6.09. The Morgan fingerprint density at radius 3 is 2.50 bits per heavy atom. The van der Waals surface area contributed by atoms with E-state index in [2.05, 4.69) is 11.1 Å². The summed E-state index contributed by atoms with van der Waals surface area (Å²) in [5, 5.41) is 20.7. The fraction of sp³-hybridized carbons (Fsp3) is 0.115. The molecule has 0 aliphatic carbocycles. The van der Waals surface area contributed by atoms with Crippen LogP contribution in [0.1, 0.15) is 39.7 Å². The number of aromatic nitrogens is 2. The van der Waals surface area contributed by atoms with Gasteiger partial charge in [-0.1, -0.05) is 48.5 Å². The molecule has 1 atom stereocenters. The standard InChI is InChI=1S/C26H21N3O3/c1-26(31,24-16-28-17-29(24)2)21-12-11-20(15-27)23(14-21)32-22-10-6-9-19(13-22)25(30)18-7-4-3-5-8-18/h3-14,16-17,31H,1-2H3. The molecular formula is C26H21N3O3. The molecule has 1 N–H and O–H groups in total. The lowest BCUT2D eigenvalue weighted by atomic mass is 9.91. The van der Waals surface area contributed by atoms with Crippen LogP contribution in [0.4, 0.5) is 0 Å². The number of aliphatic hydroxyl groups is 1. The van der Waals surface area contributed by atoms with Gasteiger partial charge in [-0.25, -0.2) is 4.98 Å². The molecule has 158 valence electrons. The molecule has 4 aromatic rings. The molecule has 0 aliphatic rings. The van der Waals surface area contributed by atoms with Crippen molar-refractivity contribution < 1.29 is 14.6 Å². The highest BCUT2D eigenvalue weighted by Gasteiger charge is 2.29. The molecule has 4 rings (SSSR count). The van der Waals surface area contributed by atoms with E-state index in [1.54, 1.807) is 85.7 Å². The minimum Gasteiger partial charge on any atom is -0.456 e. The summed E-state index contributed by atoms with van der Waals surface area (Å²) in [7, 11) is 1.80. The van der Waals surface area contributed by atoms with Crippen molar-refractivity contribution in [1.29, 1.82) is 5.26 Å². The zero-order valence-electron chi connectivity index (χ0n) is 17.7. The van der Waals surface area contributed by atoms with Crippen LogP contribution in [0.15, 0.2) is 85.3 Å². The number of nitriles is 1. The van der Waals surface area contributed by atoms with Crippen molar-refractivity contribution in [2.75, 3.05) is 0 Å². The molecule has 0 fully saturated rings. The van der Waals surface area contributed by atoms with Gasteiger partial charge < -0.3 is 14.4 Å². The Kier molecular flexibility index (Phi) is 5.59. The molecule has 1 unspecified atom stereocenters. The molecule has 0 aliphatic heterocycles. The Morgan fingerprint density at radius 2 is 1.81 bits per heavy atom. The average Bonchev–Trinajstić information content (AvgIpc) is 3.26. The average molecular weight is 423 g/mol. The van der Waals surface area contributed by atoms with Crippen molar-refractivity contribution in [3.05, 3.63) is 113 Å². The van der Waals surface area contributed by atoms with E-state index in [4.69, 9.17) is 4.74 Å². The maximum Gasteiger partial charge on any atom is 0.193 e. The Morgan fingerprint density at radius 1 is 1.06 bits per heavy atom. The number of hydrogen-bond acceptors (Lipinski definition) is 5. The van der Waals surface area contributed by atoms with E-state index in [9.17, 15) is 15.2 Å². The zero-order valence-corrected chi connectivity index (χ0v) is 17.7. The Bertz CT molecular complexity index is 1320. The van der Waals surface area contributed by atoms with Crippen LogP contribution in [-0.4, -0.2) is 20.4 Å². The van der Waals surface area contributed by atoms with Gasteiger partial charge in [0.15, 0.2) is 5.78 Å². The number of ether oxygens (including phenoxy) is 1. The molecule has 1 heterocycles. The number of ketones is 1. The molecular weight excluding hydrogens is 402 g/mol. The highest BCUT2D eigenvalue weighted by atomic mass is 16.5. The summed E-state index contributed by atoms with van der Waals surface area (Å²) in [5.74, 6) is 0.585. The summed E-state index contributed by atoms with van der Waals surface area (Å²) in [6, 6.07) is 22.8. The number of benzene rings is 3. The Hall–Kier alpha value is -4.21. The van der Waals surface area contributed by atoms with E-state index < -0.39 is 5.60 Å². The number of nitrogens with zero attached hydrogens (tertiary/aromatic N) is 3. The molecule has 0 saturated carbocycles. The summed E-state index contributed by atoms with van der Waals surface area (Å²) in [5.41, 5.74) is 1.18. The quantitative estimate of drug-likeness (QED) is 0.459. The lowest BCUT2D eigenvalue weighted by molar-refractivity contribution is 0.0939. The van der Waals surface area contributed by atoms with Gasteiger partial charge in [-0.05, 0) is 36.8 Å². The first-order chi connectivity index (χ1) is 15.4. The van der Waals surface area contributed by atoms with Crippen LogP contribution in [0.3, 0.4) is 0 Å². The predicted octanol–water partition coefficient (Wildman–Crippen LogP) is 4.57. The summed E-state index contributed by atoms with van der Waals surface area (Å²) < 4.78 is 7.74. The Labute approximate surface area is 186 Å². The van der Waals surface area contributed by atoms with Gasteiger partial charge in [-0.2, -0.15) is 5.26 Å². The van der Waals surface area contributed by atoms with Crippen LogP contribution in [-0.2, 0) is 12.6 Å². The summed E-state index contributed by atoms with van der Waals surface area (Å²) in [6.45, 7) is 1.66. The first kappa shape index (κ1) is 21.0. The molecule has 0 radical (unpaired) electrons. The first-order valence-corrected chi connectivity index (χ1v) is 10.0. The maximum atomic E-state index is 12.8. The monoisotopic (exact) mass is 423 g/mol. The van der Waals surface area contributed by atoms with Crippen LogP contribution in [0.25, 0.3) is 0 Å². The SMILES string of the molecule is Cn1cncc1C(C)(O)c1ccc(C#N)c(Oc2cccc(C(=O)c3ccccc3)c2)c1. The van der Waals surface area contributed by atoms with Crippen LogP contribution in [0.2, 0.25) is 0 Å². The highest BCUT2D eigenvalue weighted by Crippen LogP contribution is 2.34. The molecule has 6 nitrogen and oxygen atoms in total. The van der Waals surface area contributed by atoms with E-state index >= 15 is 0 Å². The summed E-state index contributed by atoms with van der Waals surface area (Å²) >= 11 is 0. The van der Waals surface area contributed by atoms with E-state index in [-0.39, 0.29) is 11.5 Å². The van der Waals surface area contributed by atoms with Crippen molar-refractivity contribution in [3.63, 3.8) is 0 Å². The van der Waals surface area contributed by atoms with Crippen molar-refractivity contribution in [3.8, 4) is 17.6 Å². The second kappa shape index (κ2) is 8.50. The molecule has 0 spiro atoms. The molecule has 6 heteroatoms. The maximum absolute atomic E-state index is 12.8. The van der Waals surface area contributed by atoms with E-state index in [0.717, 1.165) is 0 Å². The van der Waals surface area contributed by atoms with Gasteiger partial charge in [-0.15, -0.1) is 0 Å². The third-order valence-electron chi connectivity index (χ3n) is 5.34. The van der Waals surface area contributed by atoms with Crippen LogP contribution >= 0.6 is 0 Å². The first-order valence-electron chi connectivity index (χ1n) is 10.0. The van der Waals surface area contributed by atoms with Gasteiger partial charge in [0.25, 0.3) is 0 Å². The number of hydrogen-bond donors (Lipinski definition) is 1. The lowest BCUT2D eigenvalue weighted by Crippen LogP contribution is -2.25. The van der Waals surface area contributed by atoms with Crippen molar-refractivity contribution in [2.24, 2.45) is 7.05 Å². The van der Waals surface area contributed by atoms with E-state index in [1.165, 1.54) is 0 Å². The largest absolute Gasteiger partial charge is 0.456 e. The fourth-order valence-corrected chi connectivity index (χ4v) is 3.56. The predicted molar refractivity (Wildman–Crippen MR) is 119 cm³/mol. The number of imidazole rings is 1. The molecule has 0 saturated heterocycles. The van der Waals surface area contributed by atoms with Crippen molar-refractivity contribution in [2.45, 2.75) is 12.5 Å². The van der Waals surface area contributed by atoms with Crippen LogP contribution in [0, 0.1) is 11.3 Å². The molecule has 3 aromatic carbocycles. The van der Waals surface area contributed by atoms with Gasteiger partial charge in [0.05, 0.1) is 23.8 Å². The van der Waals surface area contributed by atoms with Crippen molar-refractivity contribution in [1.82, 2.24) is 9.55 Å². The fourth-order valence-electron chi connectivity index (χ4n) is 3.56. The normalized spacial score (nSPS) is 12.6. The topological polar surface area (TPSA) is 88.1 Å². The number of carbonyl (C=O) groups excluding carboxylic acids is 1. The van der Waals surface area contributed by atoms with Crippen LogP contribution < -0.4 is 4.74 Å². The second-order valence-corrected chi connectivity index (χ2v) is 7.61. The molecule has 0 bridgehead atoms.